The predicted octanol–water partition coefficient (Wildman–Crippen LogP) is 3.35. The van der Waals surface area contributed by atoms with Crippen molar-refractivity contribution in [3.05, 3.63) is 27.3 Å². The van der Waals surface area contributed by atoms with Crippen molar-refractivity contribution in [3.63, 3.8) is 0 Å². The molecule has 19 heavy (non-hydrogen) atoms. The molecule has 0 aliphatic carbocycles. The number of piperidine rings is 1. The number of amides is 1. The van der Waals surface area contributed by atoms with Crippen LogP contribution in [-0.2, 0) is 4.79 Å². The third-order valence-corrected chi connectivity index (χ3v) is 4.25. The van der Waals surface area contributed by atoms with Crippen molar-refractivity contribution in [2.24, 2.45) is 5.41 Å². The van der Waals surface area contributed by atoms with Crippen LogP contribution in [0.15, 0.2) is 18.2 Å². The molecule has 1 fully saturated rings. The largest absolute Gasteiger partial charge is 0.325 e. The summed E-state index contributed by atoms with van der Waals surface area (Å²) in [4.78, 5) is 12.4. The van der Waals surface area contributed by atoms with E-state index in [1.54, 1.807) is 0 Å². The van der Waals surface area contributed by atoms with Crippen LogP contribution in [0.25, 0.3) is 0 Å². The second-order valence-corrected chi connectivity index (χ2v) is 6.50. The average Bonchev–Trinajstić information content (AvgIpc) is 2.33. The smallest absolute Gasteiger partial charge is 0.231 e. The van der Waals surface area contributed by atoms with E-state index in [0.717, 1.165) is 37.2 Å². The molecule has 1 aromatic rings. The van der Waals surface area contributed by atoms with Gasteiger partial charge in [0.15, 0.2) is 0 Å². The highest BCUT2D eigenvalue weighted by Crippen LogP contribution is 2.28. The van der Waals surface area contributed by atoms with Gasteiger partial charge in [-0.1, -0.05) is 0 Å². The van der Waals surface area contributed by atoms with Gasteiger partial charge in [0.1, 0.15) is 0 Å². The Bertz CT molecular complexity index is 459. The Morgan fingerprint density at radius 1 is 1.47 bits per heavy atom. The molecule has 1 heterocycles. The first-order valence-corrected chi connectivity index (χ1v) is 7.37. The van der Waals surface area contributed by atoms with Crippen LogP contribution < -0.4 is 10.6 Å². The standard InChI is InChI=1S/C14H19IN2O.ClH/c1-10-8-11(15)4-5-12(10)17-13(18)14(2)6-3-7-16-9-14;/h4-5,8,16H,3,6-7,9H2,1-2H3,(H,17,18);1H. The topological polar surface area (TPSA) is 41.1 Å². The van der Waals surface area contributed by atoms with E-state index >= 15 is 0 Å². The zero-order valence-corrected chi connectivity index (χ0v) is 14.2. The Hall–Kier alpha value is -0.330. The Balaban J connectivity index is 0.00000180. The fourth-order valence-electron chi connectivity index (χ4n) is 2.29. The Labute approximate surface area is 134 Å². The minimum atomic E-state index is -0.284. The molecule has 1 aliphatic rings. The first-order chi connectivity index (χ1) is 8.51. The van der Waals surface area contributed by atoms with Crippen molar-refractivity contribution < 1.29 is 4.79 Å². The molecule has 3 nitrogen and oxygen atoms in total. The molecule has 1 aliphatic heterocycles. The molecule has 5 heteroatoms. The van der Waals surface area contributed by atoms with Crippen LogP contribution in [0.5, 0.6) is 0 Å². The zero-order valence-electron chi connectivity index (χ0n) is 11.3. The van der Waals surface area contributed by atoms with E-state index in [2.05, 4.69) is 39.3 Å². The number of halogens is 2. The van der Waals surface area contributed by atoms with E-state index in [9.17, 15) is 4.79 Å². The van der Waals surface area contributed by atoms with E-state index < -0.39 is 0 Å². The normalized spacial score (nSPS) is 22.5. The minimum absolute atomic E-state index is 0. The van der Waals surface area contributed by atoms with Crippen molar-refractivity contribution in [1.82, 2.24) is 5.32 Å². The second-order valence-electron chi connectivity index (χ2n) is 5.25. The number of aryl methyl sites for hydroxylation is 1. The lowest BCUT2D eigenvalue weighted by molar-refractivity contribution is -0.125. The van der Waals surface area contributed by atoms with E-state index in [-0.39, 0.29) is 23.7 Å². The Morgan fingerprint density at radius 2 is 2.21 bits per heavy atom. The fourth-order valence-corrected chi connectivity index (χ4v) is 2.94. The molecule has 2 rings (SSSR count). The summed E-state index contributed by atoms with van der Waals surface area (Å²) >= 11 is 2.28. The molecule has 1 atom stereocenters. The van der Waals surface area contributed by atoms with Crippen molar-refractivity contribution in [2.45, 2.75) is 26.7 Å². The molecule has 0 saturated carbocycles. The summed E-state index contributed by atoms with van der Waals surface area (Å²) in [6.07, 6.45) is 2.02. The highest BCUT2D eigenvalue weighted by atomic mass is 127. The van der Waals surface area contributed by atoms with Crippen molar-refractivity contribution >= 4 is 46.6 Å². The number of nitrogens with one attached hydrogen (secondary N) is 2. The maximum Gasteiger partial charge on any atom is 0.231 e. The summed E-state index contributed by atoms with van der Waals surface area (Å²) in [6, 6.07) is 6.08. The second kappa shape index (κ2) is 6.90. The summed E-state index contributed by atoms with van der Waals surface area (Å²) in [7, 11) is 0. The first-order valence-electron chi connectivity index (χ1n) is 6.30. The van der Waals surface area contributed by atoms with Gasteiger partial charge in [-0.15, -0.1) is 12.4 Å². The van der Waals surface area contributed by atoms with Gasteiger partial charge < -0.3 is 10.6 Å². The highest BCUT2D eigenvalue weighted by molar-refractivity contribution is 14.1. The van der Waals surface area contributed by atoms with Crippen LogP contribution in [0.1, 0.15) is 25.3 Å². The van der Waals surface area contributed by atoms with Gasteiger partial charge in [-0.2, -0.15) is 0 Å². The number of hydrogen-bond donors (Lipinski definition) is 2. The SMILES string of the molecule is Cc1cc(I)ccc1NC(=O)C1(C)CCCNC1.Cl. The number of carbonyl (C=O) groups is 1. The summed E-state index contributed by atoms with van der Waals surface area (Å²) in [5.41, 5.74) is 1.75. The predicted molar refractivity (Wildman–Crippen MR) is 90.0 cm³/mol. The monoisotopic (exact) mass is 394 g/mol. The van der Waals surface area contributed by atoms with Gasteiger partial charge in [0, 0.05) is 15.8 Å². The fraction of sp³-hybridized carbons (Fsp3) is 0.500. The van der Waals surface area contributed by atoms with E-state index in [1.165, 1.54) is 3.57 Å². The maximum atomic E-state index is 12.4. The molecule has 1 aromatic carbocycles. The third kappa shape index (κ3) is 4.07. The highest BCUT2D eigenvalue weighted by Gasteiger charge is 2.34. The molecular weight excluding hydrogens is 375 g/mol. The Morgan fingerprint density at radius 3 is 2.79 bits per heavy atom. The zero-order chi connectivity index (χ0) is 13.2. The third-order valence-electron chi connectivity index (χ3n) is 3.58. The van der Waals surface area contributed by atoms with Crippen molar-refractivity contribution in [1.29, 1.82) is 0 Å². The molecular formula is C14H20ClIN2O. The molecule has 0 spiro atoms. The molecule has 1 amide bonds. The van der Waals surface area contributed by atoms with Crippen molar-refractivity contribution in [2.75, 3.05) is 18.4 Å². The van der Waals surface area contributed by atoms with Crippen molar-refractivity contribution in [3.8, 4) is 0 Å². The Kier molecular flexibility index (Phi) is 6.08. The summed E-state index contributed by atoms with van der Waals surface area (Å²) < 4.78 is 1.19. The van der Waals surface area contributed by atoms with Crippen LogP contribution in [0.4, 0.5) is 5.69 Å². The van der Waals surface area contributed by atoms with Crippen LogP contribution in [0, 0.1) is 15.9 Å². The number of hydrogen-bond acceptors (Lipinski definition) is 2. The lowest BCUT2D eigenvalue weighted by Gasteiger charge is -2.32. The van der Waals surface area contributed by atoms with E-state index in [1.807, 2.05) is 26.0 Å². The number of rotatable bonds is 2. The lowest BCUT2D eigenvalue weighted by atomic mass is 9.82. The summed E-state index contributed by atoms with van der Waals surface area (Å²) in [5, 5.41) is 6.37. The van der Waals surface area contributed by atoms with E-state index in [0.29, 0.717) is 0 Å². The quantitative estimate of drug-likeness (QED) is 0.755. The molecule has 0 radical (unpaired) electrons. The lowest BCUT2D eigenvalue weighted by Crippen LogP contribution is -2.46. The van der Waals surface area contributed by atoms with Crippen LogP contribution in [0.2, 0.25) is 0 Å². The molecule has 106 valence electrons. The number of carbonyl (C=O) groups excluding carboxylic acids is 1. The maximum absolute atomic E-state index is 12.4. The van der Waals surface area contributed by atoms with Crippen LogP contribution in [-0.4, -0.2) is 19.0 Å². The van der Waals surface area contributed by atoms with Crippen LogP contribution in [0.3, 0.4) is 0 Å². The average molecular weight is 395 g/mol. The van der Waals surface area contributed by atoms with Gasteiger partial charge in [-0.3, -0.25) is 4.79 Å². The minimum Gasteiger partial charge on any atom is -0.325 e. The molecule has 0 bridgehead atoms. The van der Waals surface area contributed by atoms with Gasteiger partial charge >= 0.3 is 0 Å². The number of anilines is 1. The van der Waals surface area contributed by atoms with Gasteiger partial charge in [-0.25, -0.2) is 0 Å². The van der Waals surface area contributed by atoms with Gasteiger partial charge in [0.05, 0.1) is 5.41 Å². The van der Waals surface area contributed by atoms with Gasteiger partial charge in [0.2, 0.25) is 5.91 Å². The molecule has 1 unspecified atom stereocenters. The molecule has 1 saturated heterocycles. The molecule has 2 N–H and O–H groups in total. The summed E-state index contributed by atoms with van der Waals surface area (Å²) in [6.45, 7) is 5.85. The molecule has 0 aromatic heterocycles. The number of benzene rings is 1. The van der Waals surface area contributed by atoms with E-state index in [4.69, 9.17) is 0 Å². The van der Waals surface area contributed by atoms with Crippen LogP contribution >= 0.6 is 35.0 Å². The van der Waals surface area contributed by atoms with Gasteiger partial charge in [0.25, 0.3) is 0 Å². The first kappa shape index (κ1) is 16.7. The van der Waals surface area contributed by atoms with Gasteiger partial charge in [-0.05, 0) is 79.6 Å². The summed E-state index contributed by atoms with van der Waals surface area (Å²) in [5.74, 6) is 0.124.